The van der Waals surface area contributed by atoms with Crippen LogP contribution in [0.3, 0.4) is 0 Å². The van der Waals surface area contributed by atoms with Crippen molar-refractivity contribution in [1.29, 1.82) is 0 Å². The lowest BCUT2D eigenvalue weighted by atomic mass is 9.94. The maximum atomic E-state index is 10.5. The van der Waals surface area contributed by atoms with Crippen LogP contribution >= 0.6 is 0 Å². The van der Waals surface area contributed by atoms with Crippen molar-refractivity contribution in [3.05, 3.63) is 23.9 Å². The van der Waals surface area contributed by atoms with E-state index in [9.17, 15) is 10.2 Å². The molecular formula is C14H22N2O3. The van der Waals surface area contributed by atoms with E-state index in [0.29, 0.717) is 32.6 Å². The highest BCUT2D eigenvalue weighted by Crippen LogP contribution is 2.27. The fourth-order valence-corrected chi connectivity index (χ4v) is 2.48. The molecule has 1 aromatic heterocycles. The fraction of sp³-hybridized carbons (Fsp3) is 0.643. The summed E-state index contributed by atoms with van der Waals surface area (Å²) >= 11 is 0. The molecule has 0 unspecified atom stereocenters. The first kappa shape index (κ1) is 14.2. The molecule has 0 bridgehead atoms. The van der Waals surface area contributed by atoms with Crippen LogP contribution in [0.4, 0.5) is 5.82 Å². The molecule has 1 saturated heterocycles. The molecule has 0 aliphatic carbocycles. The smallest absolute Gasteiger partial charge is 0.134 e. The molecule has 0 amide bonds. The zero-order valence-electron chi connectivity index (χ0n) is 11.5. The average Bonchev–Trinajstić information content (AvgIpc) is 2.39. The Labute approximate surface area is 113 Å². The van der Waals surface area contributed by atoms with Gasteiger partial charge >= 0.3 is 0 Å². The molecule has 5 nitrogen and oxygen atoms in total. The zero-order chi connectivity index (χ0) is 13.9. The lowest BCUT2D eigenvalue weighted by Gasteiger charge is -2.36. The highest BCUT2D eigenvalue weighted by atomic mass is 16.5. The van der Waals surface area contributed by atoms with Gasteiger partial charge < -0.3 is 19.8 Å². The first-order valence-corrected chi connectivity index (χ1v) is 6.66. The third kappa shape index (κ3) is 3.43. The van der Waals surface area contributed by atoms with Crippen LogP contribution in [0.1, 0.15) is 31.4 Å². The van der Waals surface area contributed by atoms with Crippen molar-refractivity contribution in [2.24, 2.45) is 0 Å². The summed E-state index contributed by atoms with van der Waals surface area (Å²) in [5.74, 6) is 0.720. The van der Waals surface area contributed by atoms with Gasteiger partial charge in [0.05, 0.1) is 11.7 Å². The van der Waals surface area contributed by atoms with Gasteiger partial charge in [0.1, 0.15) is 5.82 Å². The Morgan fingerprint density at radius 1 is 1.47 bits per heavy atom. The maximum absolute atomic E-state index is 10.5. The molecule has 2 rings (SSSR count). The summed E-state index contributed by atoms with van der Waals surface area (Å²) in [6.07, 6.45) is 2.39. The van der Waals surface area contributed by atoms with E-state index in [2.05, 4.69) is 4.98 Å². The van der Waals surface area contributed by atoms with Crippen LogP contribution in [0.5, 0.6) is 0 Å². The number of pyridine rings is 1. The predicted octanol–water partition coefficient (Wildman–Crippen LogP) is 1.11. The van der Waals surface area contributed by atoms with Gasteiger partial charge in [-0.1, -0.05) is 6.07 Å². The van der Waals surface area contributed by atoms with Gasteiger partial charge in [-0.3, -0.25) is 0 Å². The van der Waals surface area contributed by atoms with Gasteiger partial charge in [-0.2, -0.15) is 0 Å². The normalized spacial score (nSPS) is 20.0. The molecule has 0 saturated carbocycles. The second-order valence-corrected chi connectivity index (χ2v) is 5.28. The lowest BCUT2D eigenvalue weighted by molar-refractivity contribution is -0.0573. The zero-order valence-corrected chi connectivity index (χ0v) is 11.5. The van der Waals surface area contributed by atoms with Crippen LogP contribution in [-0.2, 0) is 4.74 Å². The first-order chi connectivity index (χ1) is 9.02. The van der Waals surface area contributed by atoms with Crippen molar-refractivity contribution in [3.63, 3.8) is 0 Å². The van der Waals surface area contributed by atoms with Gasteiger partial charge in [-0.05, 0) is 13.0 Å². The molecule has 1 atom stereocenters. The largest absolute Gasteiger partial charge is 0.389 e. The second kappa shape index (κ2) is 5.86. The number of rotatable bonds is 4. The standard InChI is InChI=1S/C14H22N2O3/c1-11(17)12-4-3-7-15-13(12)16(2)10-14(18)5-8-19-9-6-14/h3-4,7,11,17-18H,5-6,8-10H2,1-2H3/t11-/m0/s1. The van der Waals surface area contributed by atoms with Crippen molar-refractivity contribution in [2.75, 3.05) is 31.7 Å². The van der Waals surface area contributed by atoms with Gasteiger partial charge in [0.2, 0.25) is 0 Å². The fourth-order valence-electron chi connectivity index (χ4n) is 2.48. The number of hydrogen-bond acceptors (Lipinski definition) is 5. The molecule has 2 N–H and O–H groups in total. The molecule has 0 radical (unpaired) electrons. The van der Waals surface area contributed by atoms with Crippen molar-refractivity contribution < 1.29 is 14.9 Å². The average molecular weight is 266 g/mol. The topological polar surface area (TPSA) is 65.8 Å². The van der Waals surface area contributed by atoms with Crippen molar-refractivity contribution in [3.8, 4) is 0 Å². The van der Waals surface area contributed by atoms with Crippen LogP contribution in [0, 0.1) is 0 Å². The summed E-state index contributed by atoms with van der Waals surface area (Å²) < 4.78 is 5.28. The van der Waals surface area contributed by atoms with Crippen LogP contribution in [0.25, 0.3) is 0 Å². The van der Waals surface area contributed by atoms with Crippen LogP contribution < -0.4 is 4.90 Å². The predicted molar refractivity (Wildman–Crippen MR) is 73.1 cm³/mol. The Balaban J connectivity index is 2.13. The molecule has 1 aromatic rings. The van der Waals surface area contributed by atoms with E-state index in [0.717, 1.165) is 11.4 Å². The van der Waals surface area contributed by atoms with Crippen molar-refractivity contribution in [1.82, 2.24) is 4.98 Å². The maximum Gasteiger partial charge on any atom is 0.134 e. The minimum absolute atomic E-state index is 0.493. The lowest BCUT2D eigenvalue weighted by Crippen LogP contribution is -2.46. The van der Waals surface area contributed by atoms with E-state index in [1.54, 1.807) is 13.1 Å². The summed E-state index contributed by atoms with van der Waals surface area (Å²) in [7, 11) is 1.89. The number of anilines is 1. The van der Waals surface area contributed by atoms with E-state index >= 15 is 0 Å². The molecule has 5 heteroatoms. The number of nitrogens with zero attached hydrogens (tertiary/aromatic N) is 2. The van der Waals surface area contributed by atoms with Gasteiger partial charge in [0.25, 0.3) is 0 Å². The molecular weight excluding hydrogens is 244 g/mol. The van der Waals surface area contributed by atoms with E-state index in [1.807, 2.05) is 24.1 Å². The number of hydrogen-bond donors (Lipinski definition) is 2. The highest BCUT2D eigenvalue weighted by Gasteiger charge is 2.32. The van der Waals surface area contributed by atoms with Gasteiger partial charge in [-0.15, -0.1) is 0 Å². The van der Waals surface area contributed by atoms with E-state index in [-0.39, 0.29) is 0 Å². The Kier molecular flexibility index (Phi) is 4.39. The molecule has 1 aliphatic rings. The molecule has 1 fully saturated rings. The third-order valence-corrected chi connectivity index (χ3v) is 3.58. The molecule has 0 spiro atoms. The molecule has 0 aromatic carbocycles. The van der Waals surface area contributed by atoms with Crippen LogP contribution in [0.2, 0.25) is 0 Å². The highest BCUT2D eigenvalue weighted by molar-refractivity contribution is 5.47. The first-order valence-electron chi connectivity index (χ1n) is 6.66. The summed E-state index contributed by atoms with van der Waals surface area (Å²) in [5.41, 5.74) is 0.0428. The molecule has 19 heavy (non-hydrogen) atoms. The quantitative estimate of drug-likeness (QED) is 0.854. The second-order valence-electron chi connectivity index (χ2n) is 5.28. The Bertz CT molecular complexity index is 417. The summed E-state index contributed by atoms with van der Waals surface area (Å²) in [4.78, 5) is 6.23. The number of likely N-dealkylation sites (N-methyl/N-ethyl adjacent to an activating group) is 1. The number of aliphatic hydroxyl groups is 2. The van der Waals surface area contributed by atoms with Crippen molar-refractivity contribution in [2.45, 2.75) is 31.5 Å². The number of aliphatic hydroxyl groups excluding tert-OH is 1. The van der Waals surface area contributed by atoms with Gasteiger partial charge in [0.15, 0.2) is 0 Å². The minimum Gasteiger partial charge on any atom is -0.389 e. The number of ether oxygens (including phenoxy) is 1. The van der Waals surface area contributed by atoms with Gasteiger partial charge in [0, 0.05) is 51.4 Å². The molecule has 1 aliphatic heterocycles. The van der Waals surface area contributed by atoms with Crippen molar-refractivity contribution >= 4 is 5.82 Å². The van der Waals surface area contributed by atoms with E-state index < -0.39 is 11.7 Å². The Morgan fingerprint density at radius 2 is 2.16 bits per heavy atom. The van der Waals surface area contributed by atoms with Crippen LogP contribution in [0.15, 0.2) is 18.3 Å². The summed E-state index contributed by atoms with van der Waals surface area (Å²) in [6.45, 7) is 3.40. The number of aromatic nitrogens is 1. The Morgan fingerprint density at radius 3 is 2.79 bits per heavy atom. The Hall–Kier alpha value is -1.17. The monoisotopic (exact) mass is 266 g/mol. The molecule has 2 heterocycles. The van der Waals surface area contributed by atoms with E-state index in [1.165, 1.54) is 0 Å². The summed E-state index contributed by atoms with van der Waals surface area (Å²) in [5, 5.41) is 20.3. The van der Waals surface area contributed by atoms with Gasteiger partial charge in [-0.25, -0.2) is 4.98 Å². The molecule has 106 valence electrons. The van der Waals surface area contributed by atoms with E-state index in [4.69, 9.17) is 4.74 Å². The van der Waals surface area contributed by atoms with Crippen LogP contribution in [-0.4, -0.2) is 47.6 Å². The summed E-state index contributed by atoms with van der Waals surface area (Å²) in [6, 6.07) is 3.67. The minimum atomic E-state index is -0.736. The SMILES string of the molecule is C[C@H](O)c1cccnc1N(C)CC1(O)CCOCC1. The third-order valence-electron chi connectivity index (χ3n) is 3.58.